The van der Waals surface area contributed by atoms with Crippen molar-refractivity contribution in [2.45, 2.75) is 64.8 Å². The maximum atomic E-state index is 10.8. The summed E-state index contributed by atoms with van der Waals surface area (Å²) < 4.78 is 0. The molecule has 1 atom stereocenters. The summed E-state index contributed by atoms with van der Waals surface area (Å²) in [6.45, 7) is 12.8. The summed E-state index contributed by atoms with van der Waals surface area (Å²) in [6.07, 6.45) is 2.38. The highest BCUT2D eigenvalue weighted by molar-refractivity contribution is 5.85. The first-order valence-corrected chi connectivity index (χ1v) is 9.58. The zero-order valence-corrected chi connectivity index (χ0v) is 17.5. The number of phenols is 1. The molecule has 0 radical (unpaired) electrons. The van der Waals surface area contributed by atoms with Gasteiger partial charge in [0.15, 0.2) is 0 Å². The zero-order valence-electron chi connectivity index (χ0n) is 17.5. The lowest BCUT2D eigenvalue weighted by atomic mass is 9.79. The van der Waals surface area contributed by atoms with Crippen molar-refractivity contribution in [3.05, 3.63) is 64.7 Å². The van der Waals surface area contributed by atoms with Gasteiger partial charge in [-0.2, -0.15) is 0 Å². The Labute approximate surface area is 163 Å². The van der Waals surface area contributed by atoms with Gasteiger partial charge in [-0.1, -0.05) is 77.9 Å². The molecule has 3 nitrogen and oxygen atoms in total. The maximum Gasteiger partial charge on any atom is 0.128 e. The van der Waals surface area contributed by atoms with Gasteiger partial charge in [-0.25, -0.2) is 0 Å². The highest BCUT2D eigenvalue weighted by Gasteiger charge is 2.24. The normalized spacial score (nSPS) is 13.9. The summed E-state index contributed by atoms with van der Waals surface area (Å²) in [4.78, 5) is 4.58. The fourth-order valence-corrected chi connectivity index (χ4v) is 3.00. The summed E-state index contributed by atoms with van der Waals surface area (Å²) in [7, 11) is 0. The van der Waals surface area contributed by atoms with Crippen molar-refractivity contribution < 1.29 is 10.2 Å². The lowest BCUT2D eigenvalue weighted by molar-refractivity contribution is 0.266. The van der Waals surface area contributed by atoms with E-state index in [1.165, 1.54) is 0 Å². The van der Waals surface area contributed by atoms with Gasteiger partial charge in [0.2, 0.25) is 0 Å². The Hall–Kier alpha value is -2.13. The van der Waals surface area contributed by atoms with Crippen LogP contribution in [0.1, 0.15) is 63.8 Å². The van der Waals surface area contributed by atoms with E-state index in [0.717, 1.165) is 16.7 Å². The molecule has 0 heterocycles. The quantitative estimate of drug-likeness (QED) is 0.730. The Morgan fingerprint density at radius 2 is 1.59 bits per heavy atom. The third-order valence-electron chi connectivity index (χ3n) is 4.76. The highest BCUT2D eigenvalue weighted by atomic mass is 16.3. The number of aliphatic imine (C=N–C) groups is 1. The van der Waals surface area contributed by atoms with Crippen LogP contribution in [0.4, 0.5) is 0 Å². The Balaban J connectivity index is 2.39. The van der Waals surface area contributed by atoms with E-state index in [9.17, 15) is 10.2 Å². The van der Waals surface area contributed by atoms with Gasteiger partial charge in [-0.05, 0) is 34.4 Å². The minimum absolute atomic E-state index is 0.0305. The Morgan fingerprint density at radius 1 is 0.963 bits per heavy atom. The van der Waals surface area contributed by atoms with E-state index in [-0.39, 0.29) is 29.2 Å². The molecule has 0 unspecified atom stereocenters. The minimum atomic E-state index is -0.233. The van der Waals surface area contributed by atoms with E-state index >= 15 is 0 Å². The molecule has 3 heteroatoms. The van der Waals surface area contributed by atoms with Crippen LogP contribution in [0.15, 0.2) is 47.5 Å². The van der Waals surface area contributed by atoms with Gasteiger partial charge in [0, 0.05) is 17.3 Å². The van der Waals surface area contributed by atoms with Crippen LogP contribution in [0.25, 0.3) is 0 Å². The van der Waals surface area contributed by atoms with Gasteiger partial charge in [0.25, 0.3) is 0 Å². The molecule has 27 heavy (non-hydrogen) atoms. The van der Waals surface area contributed by atoms with E-state index in [0.29, 0.717) is 12.0 Å². The lowest BCUT2D eigenvalue weighted by Gasteiger charge is -2.27. The van der Waals surface area contributed by atoms with Crippen LogP contribution < -0.4 is 0 Å². The number of hydrogen-bond donors (Lipinski definition) is 2. The lowest BCUT2D eigenvalue weighted by Crippen LogP contribution is -2.18. The molecule has 0 aliphatic heterocycles. The number of phenolic OH excluding ortho intramolecular Hbond substituents is 1. The Bertz CT molecular complexity index is 781. The molecule has 146 valence electrons. The number of benzene rings is 2. The molecule has 2 N–H and O–H groups in total. The molecule has 0 fully saturated rings. The summed E-state index contributed by atoms with van der Waals surface area (Å²) in [6, 6.07) is 13.9. The summed E-state index contributed by atoms with van der Waals surface area (Å²) in [5.74, 6) is 0.274. The molecule has 2 rings (SSSR count). The van der Waals surface area contributed by atoms with Crippen molar-refractivity contribution in [1.29, 1.82) is 0 Å². The fourth-order valence-electron chi connectivity index (χ4n) is 3.00. The molecule has 0 aliphatic rings. The molecular formula is C24H33NO2. The van der Waals surface area contributed by atoms with E-state index < -0.39 is 0 Å². The predicted octanol–water partition coefficient (Wildman–Crippen LogP) is 5.01. The summed E-state index contributed by atoms with van der Waals surface area (Å²) >= 11 is 0. The minimum Gasteiger partial charge on any atom is -0.507 e. The zero-order chi connectivity index (χ0) is 20.2. The molecule has 0 saturated carbocycles. The monoisotopic (exact) mass is 367 g/mol. The first-order valence-electron chi connectivity index (χ1n) is 9.58. The van der Waals surface area contributed by atoms with Crippen LogP contribution in [0.2, 0.25) is 0 Å². The first-order chi connectivity index (χ1) is 12.5. The smallest absolute Gasteiger partial charge is 0.128 e. The van der Waals surface area contributed by atoms with Crippen molar-refractivity contribution in [3.63, 3.8) is 0 Å². The molecular weight excluding hydrogens is 334 g/mol. The number of nitrogens with zero attached hydrogens (tertiary/aromatic N) is 1. The SMILES string of the molecule is CC(C)(C)c1cc(/C=N/[C@H](CO)Cc2ccccc2)c(O)c(C(C)(C)C)c1. The number of aliphatic hydroxyl groups excluding tert-OH is 1. The van der Waals surface area contributed by atoms with Gasteiger partial charge in [0.05, 0.1) is 12.6 Å². The van der Waals surface area contributed by atoms with Crippen LogP contribution in [0, 0.1) is 0 Å². The van der Waals surface area contributed by atoms with Gasteiger partial charge in [0.1, 0.15) is 5.75 Å². The molecule has 0 spiro atoms. The number of aromatic hydroxyl groups is 1. The summed E-state index contributed by atoms with van der Waals surface area (Å²) in [5.41, 5.74) is 3.72. The van der Waals surface area contributed by atoms with Crippen LogP contribution in [-0.2, 0) is 17.3 Å². The van der Waals surface area contributed by atoms with E-state index in [2.05, 4.69) is 52.6 Å². The largest absolute Gasteiger partial charge is 0.507 e. The van der Waals surface area contributed by atoms with Crippen LogP contribution in [0.5, 0.6) is 5.75 Å². The van der Waals surface area contributed by atoms with E-state index in [4.69, 9.17) is 0 Å². The first kappa shape index (κ1) is 21.2. The van der Waals surface area contributed by atoms with E-state index in [1.54, 1.807) is 6.21 Å². The third-order valence-corrected chi connectivity index (χ3v) is 4.76. The second-order valence-electron chi connectivity index (χ2n) is 9.27. The van der Waals surface area contributed by atoms with Gasteiger partial charge in [-0.3, -0.25) is 4.99 Å². The molecule has 0 amide bonds. The van der Waals surface area contributed by atoms with Gasteiger partial charge >= 0.3 is 0 Å². The molecule has 0 saturated heterocycles. The molecule has 2 aromatic rings. The average Bonchev–Trinajstić information content (AvgIpc) is 2.58. The molecule has 0 bridgehead atoms. The van der Waals surface area contributed by atoms with Crippen LogP contribution in [0.3, 0.4) is 0 Å². The molecule has 0 aromatic heterocycles. The van der Waals surface area contributed by atoms with Crippen molar-refractivity contribution in [1.82, 2.24) is 0 Å². The highest BCUT2D eigenvalue weighted by Crippen LogP contribution is 2.37. The van der Waals surface area contributed by atoms with Crippen molar-refractivity contribution in [3.8, 4) is 5.75 Å². The second-order valence-corrected chi connectivity index (χ2v) is 9.27. The van der Waals surface area contributed by atoms with Crippen LogP contribution >= 0.6 is 0 Å². The Morgan fingerprint density at radius 3 is 2.11 bits per heavy atom. The number of hydrogen-bond acceptors (Lipinski definition) is 3. The molecule has 2 aromatic carbocycles. The topological polar surface area (TPSA) is 52.8 Å². The Kier molecular flexibility index (Phi) is 6.48. The van der Waals surface area contributed by atoms with Crippen molar-refractivity contribution in [2.75, 3.05) is 6.61 Å². The number of aliphatic hydroxyl groups is 1. The predicted molar refractivity (Wildman–Crippen MR) is 114 cm³/mol. The van der Waals surface area contributed by atoms with E-state index in [1.807, 2.05) is 36.4 Å². The summed E-state index contributed by atoms with van der Waals surface area (Å²) in [5, 5.41) is 20.6. The third kappa shape index (κ3) is 5.67. The average molecular weight is 368 g/mol. The van der Waals surface area contributed by atoms with Crippen LogP contribution in [-0.4, -0.2) is 29.1 Å². The fraction of sp³-hybridized carbons (Fsp3) is 0.458. The standard InChI is InChI=1S/C24H33NO2/c1-23(2,3)19-13-18(22(27)21(14-19)24(4,5)6)15-25-20(16-26)12-17-10-8-7-9-11-17/h7-11,13-15,20,26-27H,12,16H2,1-6H3/b25-15+/t20-/m0/s1. The second kappa shape index (κ2) is 8.26. The molecule has 0 aliphatic carbocycles. The van der Waals surface area contributed by atoms with Crippen molar-refractivity contribution in [2.24, 2.45) is 4.99 Å². The maximum absolute atomic E-state index is 10.8. The van der Waals surface area contributed by atoms with Crippen molar-refractivity contribution >= 4 is 6.21 Å². The van der Waals surface area contributed by atoms with Gasteiger partial charge < -0.3 is 10.2 Å². The number of rotatable bonds is 5. The van der Waals surface area contributed by atoms with Gasteiger partial charge in [-0.15, -0.1) is 0 Å².